The molecular formula is C10H20NO3. The van der Waals surface area contributed by atoms with Crippen molar-refractivity contribution in [3.8, 4) is 0 Å². The van der Waals surface area contributed by atoms with Crippen LogP contribution in [0.2, 0.25) is 0 Å². The first-order valence-corrected chi connectivity index (χ1v) is 4.94. The van der Waals surface area contributed by atoms with Gasteiger partial charge in [-0.2, -0.15) is 0 Å². The number of ether oxygens (including phenoxy) is 2. The van der Waals surface area contributed by atoms with Crippen molar-refractivity contribution >= 4 is 0 Å². The van der Waals surface area contributed by atoms with Crippen molar-refractivity contribution in [2.45, 2.75) is 37.8 Å². The zero-order valence-corrected chi connectivity index (χ0v) is 9.50. The standard InChI is InChI=1S/C10H20NO3/c1-9(2)5-6-10(7-13-3,8-14-4)11(9)12/h5-8H2,1-4H3. The first-order chi connectivity index (χ1) is 6.48. The topological polar surface area (TPSA) is 41.6 Å². The number of hydrogen-bond acceptors (Lipinski definition) is 3. The second kappa shape index (κ2) is 4.14. The highest BCUT2D eigenvalue weighted by Crippen LogP contribution is 2.39. The maximum absolute atomic E-state index is 12.1. The van der Waals surface area contributed by atoms with E-state index >= 15 is 0 Å². The van der Waals surface area contributed by atoms with Gasteiger partial charge in [0, 0.05) is 19.8 Å². The van der Waals surface area contributed by atoms with Crippen LogP contribution in [0.15, 0.2) is 0 Å². The highest BCUT2D eigenvalue weighted by molar-refractivity contribution is 5.01. The molecule has 0 aromatic rings. The summed E-state index contributed by atoms with van der Waals surface area (Å²) in [5.74, 6) is 0. The Labute approximate surface area is 85.8 Å². The molecule has 0 atom stereocenters. The molecule has 14 heavy (non-hydrogen) atoms. The van der Waals surface area contributed by atoms with E-state index in [0.717, 1.165) is 17.9 Å². The van der Waals surface area contributed by atoms with Crippen LogP contribution in [-0.4, -0.2) is 43.6 Å². The Bertz CT molecular complexity index is 188. The Morgan fingerprint density at radius 3 is 1.93 bits per heavy atom. The number of methoxy groups -OCH3 is 2. The lowest BCUT2D eigenvalue weighted by molar-refractivity contribution is -0.270. The van der Waals surface area contributed by atoms with Crippen molar-refractivity contribution in [1.82, 2.24) is 5.06 Å². The van der Waals surface area contributed by atoms with Crippen LogP contribution in [0.3, 0.4) is 0 Å². The molecule has 4 heteroatoms. The fraction of sp³-hybridized carbons (Fsp3) is 1.00. The van der Waals surface area contributed by atoms with Gasteiger partial charge in [0.05, 0.1) is 18.8 Å². The van der Waals surface area contributed by atoms with Crippen LogP contribution in [0.25, 0.3) is 0 Å². The largest absolute Gasteiger partial charge is 0.383 e. The van der Waals surface area contributed by atoms with Crippen molar-refractivity contribution in [3.63, 3.8) is 0 Å². The lowest BCUT2D eigenvalue weighted by Crippen LogP contribution is -2.53. The van der Waals surface area contributed by atoms with Gasteiger partial charge in [-0.3, -0.25) is 0 Å². The van der Waals surface area contributed by atoms with Gasteiger partial charge in [0.25, 0.3) is 0 Å². The van der Waals surface area contributed by atoms with Crippen LogP contribution >= 0.6 is 0 Å². The van der Waals surface area contributed by atoms with E-state index in [-0.39, 0.29) is 5.54 Å². The van der Waals surface area contributed by atoms with Gasteiger partial charge in [-0.15, -0.1) is 10.3 Å². The highest BCUT2D eigenvalue weighted by Gasteiger charge is 2.51. The molecule has 83 valence electrons. The Morgan fingerprint density at radius 1 is 1.14 bits per heavy atom. The predicted molar refractivity (Wildman–Crippen MR) is 52.3 cm³/mol. The SMILES string of the molecule is COCC1(COC)CCC(C)(C)N1[O]. The molecule has 1 aliphatic rings. The van der Waals surface area contributed by atoms with Gasteiger partial charge < -0.3 is 9.47 Å². The Morgan fingerprint density at radius 2 is 1.64 bits per heavy atom. The highest BCUT2D eigenvalue weighted by atomic mass is 16.5. The molecule has 0 aromatic carbocycles. The lowest BCUT2D eigenvalue weighted by Gasteiger charge is -2.36. The Balaban J connectivity index is 2.79. The molecule has 0 amide bonds. The van der Waals surface area contributed by atoms with Gasteiger partial charge in [0.1, 0.15) is 0 Å². The third kappa shape index (κ3) is 1.93. The average molecular weight is 202 g/mol. The second-order valence-corrected chi connectivity index (χ2v) is 4.70. The van der Waals surface area contributed by atoms with Gasteiger partial charge in [-0.1, -0.05) is 0 Å². The number of rotatable bonds is 4. The first-order valence-electron chi connectivity index (χ1n) is 4.94. The van der Waals surface area contributed by atoms with E-state index in [2.05, 4.69) is 0 Å². The van der Waals surface area contributed by atoms with E-state index in [9.17, 15) is 5.21 Å². The molecule has 1 fully saturated rings. The molecule has 1 radical (unpaired) electrons. The van der Waals surface area contributed by atoms with Crippen molar-refractivity contribution < 1.29 is 14.7 Å². The van der Waals surface area contributed by atoms with E-state index in [0.29, 0.717) is 13.2 Å². The van der Waals surface area contributed by atoms with Gasteiger partial charge in [0.15, 0.2) is 0 Å². The van der Waals surface area contributed by atoms with Gasteiger partial charge in [-0.05, 0) is 26.7 Å². The summed E-state index contributed by atoms with van der Waals surface area (Å²) < 4.78 is 10.2. The fourth-order valence-corrected chi connectivity index (χ4v) is 2.22. The van der Waals surface area contributed by atoms with Gasteiger partial charge in [-0.25, -0.2) is 0 Å². The molecule has 0 aliphatic carbocycles. The molecule has 0 aromatic heterocycles. The van der Waals surface area contributed by atoms with E-state index in [4.69, 9.17) is 9.47 Å². The van der Waals surface area contributed by atoms with Gasteiger partial charge >= 0.3 is 0 Å². The van der Waals surface area contributed by atoms with Crippen LogP contribution in [0.4, 0.5) is 0 Å². The zero-order valence-electron chi connectivity index (χ0n) is 9.50. The minimum absolute atomic E-state index is 0.295. The molecule has 1 heterocycles. The third-order valence-corrected chi connectivity index (χ3v) is 3.01. The van der Waals surface area contributed by atoms with Crippen LogP contribution < -0.4 is 0 Å². The maximum atomic E-state index is 12.1. The minimum atomic E-state index is -0.479. The molecule has 0 unspecified atom stereocenters. The Hall–Kier alpha value is -0.160. The first kappa shape index (κ1) is 11.9. The van der Waals surface area contributed by atoms with Crippen LogP contribution in [0.1, 0.15) is 26.7 Å². The van der Waals surface area contributed by atoms with Gasteiger partial charge in [0.2, 0.25) is 0 Å². The second-order valence-electron chi connectivity index (χ2n) is 4.70. The molecule has 1 aliphatic heterocycles. The summed E-state index contributed by atoms with van der Waals surface area (Å²) in [6.45, 7) is 4.81. The van der Waals surface area contributed by atoms with Crippen molar-refractivity contribution in [3.05, 3.63) is 0 Å². The lowest BCUT2D eigenvalue weighted by atomic mass is 9.99. The number of hydroxylamine groups is 2. The molecule has 0 N–H and O–H groups in total. The molecule has 4 nitrogen and oxygen atoms in total. The molecule has 0 spiro atoms. The monoisotopic (exact) mass is 202 g/mol. The smallest absolute Gasteiger partial charge is 0.0964 e. The van der Waals surface area contributed by atoms with E-state index in [1.165, 1.54) is 0 Å². The Kier molecular flexibility index (Phi) is 3.53. The van der Waals surface area contributed by atoms with E-state index in [1.807, 2.05) is 13.8 Å². The van der Waals surface area contributed by atoms with Crippen molar-refractivity contribution in [2.75, 3.05) is 27.4 Å². The summed E-state index contributed by atoms with van der Waals surface area (Å²) in [4.78, 5) is 0. The summed E-state index contributed by atoms with van der Waals surface area (Å²) in [5.41, 5.74) is -0.774. The summed E-state index contributed by atoms with van der Waals surface area (Å²) >= 11 is 0. The van der Waals surface area contributed by atoms with Crippen LogP contribution in [-0.2, 0) is 14.7 Å². The fourth-order valence-electron chi connectivity index (χ4n) is 2.22. The average Bonchev–Trinajstić information content (AvgIpc) is 2.32. The summed E-state index contributed by atoms with van der Waals surface area (Å²) in [5, 5.41) is 13.2. The maximum Gasteiger partial charge on any atom is 0.0964 e. The molecule has 0 bridgehead atoms. The normalized spacial score (nSPS) is 25.5. The minimum Gasteiger partial charge on any atom is -0.383 e. The summed E-state index contributed by atoms with van der Waals surface area (Å²) in [6.07, 6.45) is 1.73. The van der Waals surface area contributed by atoms with Crippen LogP contribution in [0.5, 0.6) is 0 Å². The molecule has 1 saturated heterocycles. The molecular weight excluding hydrogens is 182 g/mol. The van der Waals surface area contributed by atoms with Crippen molar-refractivity contribution in [2.24, 2.45) is 0 Å². The predicted octanol–water partition coefficient (Wildman–Crippen LogP) is 1.24. The summed E-state index contributed by atoms with van der Waals surface area (Å²) in [6, 6.07) is 0. The van der Waals surface area contributed by atoms with Crippen molar-refractivity contribution in [1.29, 1.82) is 0 Å². The summed E-state index contributed by atoms with van der Waals surface area (Å²) in [7, 11) is 3.24. The number of hydrogen-bond donors (Lipinski definition) is 0. The quantitative estimate of drug-likeness (QED) is 0.688. The molecule has 1 rings (SSSR count). The third-order valence-electron chi connectivity index (χ3n) is 3.01. The van der Waals surface area contributed by atoms with E-state index < -0.39 is 5.54 Å². The number of nitrogens with zero attached hydrogens (tertiary/aromatic N) is 1. The molecule has 0 saturated carbocycles. The van der Waals surface area contributed by atoms with E-state index in [1.54, 1.807) is 14.2 Å². The van der Waals surface area contributed by atoms with Crippen LogP contribution in [0, 0.1) is 0 Å². The zero-order chi connectivity index (χ0) is 10.8.